The van der Waals surface area contributed by atoms with Gasteiger partial charge in [0.15, 0.2) is 0 Å². The molecule has 0 aliphatic carbocycles. The summed E-state index contributed by atoms with van der Waals surface area (Å²) in [4.78, 5) is 14.1. The van der Waals surface area contributed by atoms with Crippen LogP contribution < -0.4 is 10.1 Å². The van der Waals surface area contributed by atoms with Crippen LogP contribution in [0.1, 0.15) is 12.5 Å². The van der Waals surface area contributed by atoms with E-state index < -0.39 is 12.4 Å². The van der Waals surface area contributed by atoms with Gasteiger partial charge in [-0.15, -0.1) is 13.2 Å². The minimum absolute atomic E-state index is 0.268. The number of likely N-dealkylation sites (N-methyl/N-ethyl adjacent to an activating group) is 1. The number of aromatic nitrogens is 2. The maximum absolute atomic E-state index is 12.3. The molecule has 0 aliphatic heterocycles. The van der Waals surface area contributed by atoms with E-state index in [0.717, 1.165) is 17.7 Å². The van der Waals surface area contributed by atoms with E-state index in [0.29, 0.717) is 12.2 Å². The molecule has 1 amide bonds. The van der Waals surface area contributed by atoms with Crippen molar-refractivity contribution < 1.29 is 22.7 Å². The number of ether oxygens (including phenoxy) is 1. The van der Waals surface area contributed by atoms with Gasteiger partial charge in [0.1, 0.15) is 5.75 Å². The Balaban J connectivity index is 1.91. The molecule has 1 aromatic heterocycles. The number of benzene rings is 1. The first-order valence-electron chi connectivity index (χ1n) is 7.48. The van der Waals surface area contributed by atoms with E-state index in [1.807, 2.05) is 18.1 Å². The van der Waals surface area contributed by atoms with Crippen LogP contribution >= 0.6 is 0 Å². The first kappa shape index (κ1) is 18.8. The quantitative estimate of drug-likeness (QED) is 0.865. The predicted octanol–water partition coefficient (Wildman–Crippen LogP) is 2.78. The highest BCUT2D eigenvalue weighted by atomic mass is 19.4. The molecular weight excluding hydrogens is 337 g/mol. The number of anilines is 1. The third-order valence-electron chi connectivity index (χ3n) is 3.59. The Morgan fingerprint density at radius 3 is 2.52 bits per heavy atom. The number of halogens is 3. The molecule has 9 heteroatoms. The molecule has 25 heavy (non-hydrogen) atoms. The standard InChI is InChI=1S/C16H19F3N4O2/c1-11(22(2)9-12-8-20-23(3)10-12)15(24)21-13-4-6-14(7-5-13)25-16(17,18)19/h4-8,10-11H,9H2,1-3H3,(H,21,24)/t11-/m0/s1. The Bertz CT molecular complexity index is 713. The first-order valence-corrected chi connectivity index (χ1v) is 7.48. The molecule has 0 radical (unpaired) electrons. The van der Waals surface area contributed by atoms with Gasteiger partial charge in [-0.1, -0.05) is 0 Å². The largest absolute Gasteiger partial charge is 0.573 e. The minimum atomic E-state index is -4.74. The summed E-state index contributed by atoms with van der Waals surface area (Å²) in [7, 11) is 3.61. The summed E-state index contributed by atoms with van der Waals surface area (Å²) in [5, 5.41) is 6.74. The lowest BCUT2D eigenvalue weighted by atomic mass is 10.2. The average molecular weight is 356 g/mol. The summed E-state index contributed by atoms with van der Waals surface area (Å²) in [6.45, 7) is 2.29. The molecule has 1 N–H and O–H groups in total. The van der Waals surface area contributed by atoms with Crippen molar-refractivity contribution in [3.8, 4) is 5.75 Å². The van der Waals surface area contributed by atoms with Crippen molar-refractivity contribution in [1.82, 2.24) is 14.7 Å². The topological polar surface area (TPSA) is 59.4 Å². The van der Waals surface area contributed by atoms with Gasteiger partial charge in [0.2, 0.25) is 5.91 Å². The average Bonchev–Trinajstić information content (AvgIpc) is 2.92. The number of rotatable bonds is 6. The van der Waals surface area contributed by atoms with E-state index in [9.17, 15) is 18.0 Å². The van der Waals surface area contributed by atoms with E-state index >= 15 is 0 Å². The molecule has 6 nitrogen and oxygen atoms in total. The lowest BCUT2D eigenvalue weighted by Gasteiger charge is -2.23. The van der Waals surface area contributed by atoms with Gasteiger partial charge in [0.25, 0.3) is 0 Å². The SMILES string of the molecule is C[C@@H](C(=O)Nc1ccc(OC(F)(F)F)cc1)N(C)Cc1cnn(C)c1. The Morgan fingerprint density at radius 2 is 2.00 bits per heavy atom. The highest BCUT2D eigenvalue weighted by Crippen LogP contribution is 2.24. The number of hydrogen-bond acceptors (Lipinski definition) is 4. The Labute approximate surface area is 143 Å². The minimum Gasteiger partial charge on any atom is -0.406 e. The zero-order valence-corrected chi connectivity index (χ0v) is 14.0. The smallest absolute Gasteiger partial charge is 0.406 e. The van der Waals surface area contributed by atoms with Crippen LogP contribution in [0.4, 0.5) is 18.9 Å². The number of carbonyl (C=O) groups is 1. The fraction of sp³-hybridized carbons (Fsp3) is 0.375. The summed E-state index contributed by atoms with van der Waals surface area (Å²) in [5.41, 5.74) is 1.36. The fourth-order valence-electron chi connectivity index (χ4n) is 2.17. The molecule has 1 heterocycles. The van der Waals surface area contributed by atoms with Crippen LogP contribution in [-0.2, 0) is 18.4 Å². The van der Waals surface area contributed by atoms with Crippen molar-refractivity contribution >= 4 is 11.6 Å². The van der Waals surface area contributed by atoms with Gasteiger partial charge in [-0.2, -0.15) is 5.10 Å². The number of alkyl halides is 3. The van der Waals surface area contributed by atoms with Crippen molar-refractivity contribution in [2.75, 3.05) is 12.4 Å². The maximum atomic E-state index is 12.3. The first-order chi connectivity index (χ1) is 11.6. The molecular formula is C16H19F3N4O2. The third kappa shape index (κ3) is 5.79. The second-order valence-electron chi connectivity index (χ2n) is 5.67. The molecule has 1 aromatic carbocycles. The van der Waals surface area contributed by atoms with Crippen LogP contribution in [0.25, 0.3) is 0 Å². The van der Waals surface area contributed by atoms with E-state index in [2.05, 4.69) is 15.2 Å². The predicted molar refractivity (Wildman–Crippen MR) is 85.9 cm³/mol. The fourth-order valence-corrected chi connectivity index (χ4v) is 2.17. The molecule has 2 aromatic rings. The normalized spacial score (nSPS) is 12.9. The van der Waals surface area contributed by atoms with Crippen molar-refractivity contribution in [3.05, 3.63) is 42.2 Å². The van der Waals surface area contributed by atoms with Crippen molar-refractivity contribution in [1.29, 1.82) is 0 Å². The summed E-state index contributed by atoms with van der Waals surface area (Å²) in [6.07, 6.45) is -1.16. The monoisotopic (exact) mass is 356 g/mol. The van der Waals surface area contributed by atoms with E-state index in [1.54, 1.807) is 24.9 Å². The number of amides is 1. The van der Waals surface area contributed by atoms with Gasteiger partial charge in [-0.25, -0.2) is 0 Å². The van der Waals surface area contributed by atoms with Gasteiger partial charge in [0, 0.05) is 31.0 Å². The zero-order valence-electron chi connectivity index (χ0n) is 14.0. The molecule has 0 spiro atoms. The van der Waals surface area contributed by atoms with E-state index in [-0.39, 0.29) is 11.7 Å². The van der Waals surface area contributed by atoms with Gasteiger partial charge >= 0.3 is 6.36 Å². The Hall–Kier alpha value is -2.55. The number of nitrogens with zero attached hydrogens (tertiary/aromatic N) is 3. The number of nitrogens with one attached hydrogen (secondary N) is 1. The molecule has 0 bridgehead atoms. The molecule has 1 atom stereocenters. The van der Waals surface area contributed by atoms with Crippen LogP contribution in [0.3, 0.4) is 0 Å². The van der Waals surface area contributed by atoms with Crippen LogP contribution in [0.15, 0.2) is 36.7 Å². The summed E-state index contributed by atoms with van der Waals surface area (Å²) in [5.74, 6) is -0.608. The molecule has 0 unspecified atom stereocenters. The summed E-state index contributed by atoms with van der Waals surface area (Å²) in [6, 6.07) is 4.56. The van der Waals surface area contributed by atoms with Crippen LogP contribution in [0, 0.1) is 0 Å². The van der Waals surface area contributed by atoms with Gasteiger partial charge in [-0.3, -0.25) is 14.4 Å². The molecule has 2 rings (SSSR count). The zero-order chi connectivity index (χ0) is 18.6. The molecule has 136 valence electrons. The van der Waals surface area contributed by atoms with Crippen molar-refractivity contribution in [3.63, 3.8) is 0 Å². The molecule has 0 saturated carbocycles. The highest BCUT2D eigenvalue weighted by molar-refractivity contribution is 5.94. The molecule has 0 fully saturated rings. The van der Waals surface area contributed by atoms with Crippen LogP contribution in [0.5, 0.6) is 5.75 Å². The number of aryl methyl sites for hydroxylation is 1. The Kier molecular flexibility index (Phi) is 5.68. The third-order valence-corrected chi connectivity index (χ3v) is 3.59. The maximum Gasteiger partial charge on any atom is 0.573 e. The summed E-state index contributed by atoms with van der Waals surface area (Å²) >= 11 is 0. The second kappa shape index (κ2) is 7.56. The van der Waals surface area contributed by atoms with Crippen molar-refractivity contribution in [2.24, 2.45) is 7.05 Å². The number of carbonyl (C=O) groups excluding carboxylic acids is 1. The van der Waals surface area contributed by atoms with E-state index in [4.69, 9.17) is 0 Å². The lowest BCUT2D eigenvalue weighted by molar-refractivity contribution is -0.274. The Morgan fingerprint density at radius 1 is 1.36 bits per heavy atom. The lowest BCUT2D eigenvalue weighted by Crippen LogP contribution is -2.39. The highest BCUT2D eigenvalue weighted by Gasteiger charge is 2.31. The number of hydrogen-bond donors (Lipinski definition) is 1. The van der Waals surface area contributed by atoms with Crippen LogP contribution in [0.2, 0.25) is 0 Å². The van der Waals surface area contributed by atoms with Crippen LogP contribution in [-0.4, -0.2) is 40.0 Å². The second-order valence-corrected chi connectivity index (χ2v) is 5.67. The van der Waals surface area contributed by atoms with Gasteiger partial charge < -0.3 is 10.1 Å². The van der Waals surface area contributed by atoms with Gasteiger partial charge in [-0.05, 0) is 38.2 Å². The van der Waals surface area contributed by atoms with E-state index in [1.165, 1.54) is 12.1 Å². The van der Waals surface area contributed by atoms with Crippen molar-refractivity contribution in [2.45, 2.75) is 25.9 Å². The molecule has 0 aliphatic rings. The summed E-state index contributed by atoms with van der Waals surface area (Å²) < 4.78 is 41.8. The van der Waals surface area contributed by atoms with Gasteiger partial charge in [0.05, 0.1) is 12.2 Å². The molecule has 0 saturated heterocycles.